The summed E-state index contributed by atoms with van der Waals surface area (Å²) < 4.78 is 28.3. The van der Waals surface area contributed by atoms with E-state index < -0.39 is 10.0 Å². The molecule has 0 radical (unpaired) electrons. The van der Waals surface area contributed by atoms with Gasteiger partial charge < -0.3 is 5.32 Å². The Labute approximate surface area is 132 Å². The van der Waals surface area contributed by atoms with E-state index in [-0.39, 0.29) is 6.04 Å². The Morgan fingerprint density at radius 3 is 2.70 bits per heavy atom. The third-order valence-electron chi connectivity index (χ3n) is 3.81. The fourth-order valence-electron chi connectivity index (χ4n) is 2.20. The number of thiophene rings is 1. The lowest BCUT2D eigenvalue weighted by Crippen LogP contribution is -2.33. The van der Waals surface area contributed by atoms with Crippen molar-refractivity contribution in [3.63, 3.8) is 0 Å². The molecule has 0 aromatic carbocycles. The van der Waals surface area contributed by atoms with Crippen LogP contribution >= 0.6 is 27.3 Å². The van der Waals surface area contributed by atoms with Crippen LogP contribution < -0.4 is 10.0 Å². The standard InChI is InChI=1S/C13H19BrN2O2S2/c1-8(9-2-3-9)16-20(17,18)12-6-11(19-13(12)14)7-15-10-4-5-10/h6,8-10,15-16H,2-5,7H2,1H3. The van der Waals surface area contributed by atoms with Gasteiger partial charge in [-0.3, -0.25) is 0 Å². The summed E-state index contributed by atoms with van der Waals surface area (Å²) in [6.45, 7) is 2.70. The second kappa shape index (κ2) is 5.68. The lowest BCUT2D eigenvalue weighted by molar-refractivity contribution is 0.538. The fourth-order valence-corrected chi connectivity index (χ4v) is 6.15. The van der Waals surface area contributed by atoms with Crippen LogP contribution in [0.4, 0.5) is 0 Å². The zero-order valence-corrected chi connectivity index (χ0v) is 14.6. The van der Waals surface area contributed by atoms with Crippen LogP contribution in [0.1, 0.15) is 37.5 Å². The van der Waals surface area contributed by atoms with Gasteiger partial charge in [0, 0.05) is 23.5 Å². The lowest BCUT2D eigenvalue weighted by atomic mass is 10.2. The highest BCUT2D eigenvalue weighted by Crippen LogP contribution is 2.35. The molecule has 7 heteroatoms. The van der Waals surface area contributed by atoms with Gasteiger partial charge in [-0.1, -0.05) is 0 Å². The van der Waals surface area contributed by atoms with Crippen LogP contribution in [-0.4, -0.2) is 20.5 Å². The first-order valence-corrected chi connectivity index (χ1v) is 10.1. The maximum absolute atomic E-state index is 12.4. The molecule has 1 heterocycles. The molecule has 2 N–H and O–H groups in total. The third kappa shape index (κ3) is 3.62. The van der Waals surface area contributed by atoms with Crippen molar-refractivity contribution in [2.75, 3.05) is 0 Å². The molecule has 0 bridgehead atoms. The van der Waals surface area contributed by atoms with E-state index in [1.54, 1.807) is 6.07 Å². The topological polar surface area (TPSA) is 58.2 Å². The first-order valence-electron chi connectivity index (χ1n) is 6.99. The molecule has 2 saturated carbocycles. The molecule has 0 amide bonds. The predicted octanol–water partition coefficient (Wildman–Crippen LogP) is 2.84. The van der Waals surface area contributed by atoms with Gasteiger partial charge >= 0.3 is 0 Å². The molecule has 4 nitrogen and oxygen atoms in total. The van der Waals surface area contributed by atoms with Crippen molar-refractivity contribution in [3.05, 3.63) is 14.7 Å². The van der Waals surface area contributed by atoms with E-state index in [4.69, 9.17) is 0 Å². The average Bonchev–Trinajstić information content (AvgIpc) is 3.24. The highest BCUT2D eigenvalue weighted by molar-refractivity contribution is 9.11. The number of halogens is 1. The zero-order valence-electron chi connectivity index (χ0n) is 11.4. The van der Waals surface area contributed by atoms with Crippen molar-refractivity contribution >= 4 is 37.3 Å². The summed E-state index contributed by atoms with van der Waals surface area (Å²) in [5.41, 5.74) is 0. The van der Waals surface area contributed by atoms with Crippen LogP contribution in [0.3, 0.4) is 0 Å². The molecular formula is C13H19BrN2O2S2. The van der Waals surface area contributed by atoms with Gasteiger partial charge in [0.05, 0.1) is 3.79 Å². The van der Waals surface area contributed by atoms with Crippen molar-refractivity contribution < 1.29 is 8.42 Å². The van der Waals surface area contributed by atoms with Gasteiger partial charge in [-0.05, 0) is 60.5 Å². The summed E-state index contributed by atoms with van der Waals surface area (Å²) in [5.74, 6) is 0.512. The molecule has 1 unspecified atom stereocenters. The van der Waals surface area contributed by atoms with Gasteiger partial charge in [-0.25, -0.2) is 13.1 Å². The number of nitrogens with one attached hydrogen (secondary N) is 2. The summed E-state index contributed by atoms with van der Waals surface area (Å²) >= 11 is 4.89. The maximum atomic E-state index is 12.4. The molecule has 0 spiro atoms. The van der Waals surface area contributed by atoms with Gasteiger partial charge in [-0.2, -0.15) is 0 Å². The Balaban J connectivity index is 1.70. The van der Waals surface area contributed by atoms with Crippen molar-refractivity contribution in [3.8, 4) is 0 Å². The minimum Gasteiger partial charge on any atom is -0.309 e. The number of rotatable bonds is 7. The van der Waals surface area contributed by atoms with E-state index in [2.05, 4.69) is 26.0 Å². The molecule has 2 aliphatic rings. The summed E-state index contributed by atoms with van der Waals surface area (Å²) in [5, 5.41) is 3.41. The van der Waals surface area contributed by atoms with Gasteiger partial charge in [0.1, 0.15) is 4.90 Å². The molecule has 20 heavy (non-hydrogen) atoms. The van der Waals surface area contributed by atoms with Crippen molar-refractivity contribution in [2.24, 2.45) is 5.92 Å². The molecule has 2 fully saturated rings. The summed E-state index contributed by atoms with van der Waals surface area (Å²) in [4.78, 5) is 1.44. The van der Waals surface area contributed by atoms with E-state index in [1.807, 2.05) is 6.92 Å². The predicted molar refractivity (Wildman–Crippen MR) is 84.4 cm³/mol. The minimum atomic E-state index is -3.41. The quantitative estimate of drug-likeness (QED) is 0.766. The highest BCUT2D eigenvalue weighted by Gasteiger charge is 2.32. The zero-order chi connectivity index (χ0) is 14.3. The molecule has 2 aliphatic carbocycles. The van der Waals surface area contributed by atoms with Crippen LogP contribution in [0.2, 0.25) is 0 Å². The Morgan fingerprint density at radius 1 is 1.40 bits per heavy atom. The van der Waals surface area contributed by atoms with Gasteiger partial charge in [0.2, 0.25) is 10.0 Å². The van der Waals surface area contributed by atoms with Gasteiger partial charge in [0.15, 0.2) is 0 Å². The van der Waals surface area contributed by atoms with Gasteiger partial charge in [0.25, 0.3) is 0 Å². The monoisotopic (exact) mass is 378 g/mol. The highest BCUT2D eigenvalue weighted by atomic mass is 79.9. The molecule has 1 atom stereocenters. The molecule has 112 valence electrons. The molecule has 0 aliphatic heterocycles. The SMILES string of the molecule is CC(NS(=O)(=O)c1cc(CNC2CC2)sc1Br)C1CC1. The van der Waals surface area contributed by atoms with Crippen molar-refractivity contribution in [1.82, 2.24) is 10.0 Å². The summed E-state index contributed by atoms with van der Waals surface area (Å²) in [6, 6.07) is 2.44. The third-order valence-corrected chi connectivity index (χ3v) is 7.62. The first kappa shape index (κ1) is 15.0. The Kier molecular flexibility index (Phi) is 4.25. The van der Waals surface area contributed by atoms with Crippen LogP contribution in [0.15, 0.2) is 14.7 Å². The van der Waals surface area contributed by atoms with Crippen molar-refractivity contribution in [2.45, 2.75) is 56.1 Å². The summed E-state index contributed by atoms with van der Waals surface area (Å²) in [6.07, 6.45) is 4.73. The van der Waals surface area contributed by atoms with Crippen LogP contribution in [0.25, 0.3) is 0 Å². The van der Waals surface area contributed by atoms with Crippen LogP contribution in [-0.2, 0) is 16.6 Å². The molecule has 1 aromatic heterocycles. The van der Waals surface area contributed by atoms with E-state index in [0.29, 0.717) is 20.6 Å². The lowest BCUT2D eigenvalue weighted by Gasteiger charge is -2.12. The Hall–Kier alpha value is 0.0500. The summed E-state index contributed by atoms with van der Waals surface area (Å²) in [7, 11) is -3.41. The fraction of sp³-hybridized carbons (Fsp3) is 0.692. The molecule has 0 saturated heterocycles. The second-order valence-electron chi connectivity index (χ2n) is 5.75. The van der Waals surface area contributed by atoms with Crippen LogP contribution in [0, 0.1) is 5.92 Å². The molecule has 1 aromatic rings. The first-order chi connectivity index (χ1) is 9.45. The van der Waals surface area contributed by atoms with Crippen molar-refractivity contribution in [1.29, 1.82) is 0 Å². The second-order valence-corrected chi connectivity index (χ2v) is 9.89. The van der Waals surface area contributed by atoms with E-state index in [0.717, 1.165) is 24.3 Å². The number of hydrogen-bond acceptors (Lipinski definition) is 4. The number of sulfonamides is 1. The maximum Gasteiger partial charge on any atom is 0.242 e. The molecule has 3 rings (SSSR count). The van der Waals surface area contributed by atoms with Gasteiger partial charge in [-0.15, -0.1) is 11.3 Å². The van der Waals surface area contributed by atoms with E-state index in [1.165, 1.54) is 24.2 Å². The van der Waals surface area contributed by atoms with E-state index >= 15 is 0 Å². The smallest absolute Gasteiger partial charge is 0.242 e. The Morgan fingerprint density at radius 2 is 2.10 bits per heavy atom. The largest absolute Gasteiger partial charge is 0.309 e. The minimum absolute atomic E-state index is 0.0276. The van der Waals surface area contributed by atoms with E-state index in [9.17, 15) is 8.42 Å². The number of hydrogen-bond donors (Lipinski definition) is 2. The Bertz CT molecular complexity index is 592. The molecular weight excluding hydrogens is 360 g/mol. The average molecular weight is 379 g/mol. The van der Waals surface area contributed by atoms with Crippen LogP contribution in [0.5, 0.6) is 0 Å². The normalized spacial score (nSPS) is 21.1.